The largest absolute Gasteiger partial charge is 0.418 e. The summed E-state index contributed by atoms with van der Waals surface area (Å²) in [5.41, 5.74) is -1.24. The number of anilines is 1. The summed E-state index contributed by atoms with van der Waals surface area (Å²) in [5.74, 6) is -1.26. The van der Waals surface area contributed by atoms with Crippen molar-refractivity contribution in [3.05, 3.63) is 71.8 Å². The number of alkyl halides is 3. The highest BCUT2D eigenvalue weighted by atomic mass is 32.2. The summed E-state index contributed by atoms with van der Waals surface area (Å²) < 4.78 is 84.2. The van der Waals surface area contributed by atoms with Crippen molar-refractivity contribution in [3.8, 4) is 11.1 Å². The number of aromatic nitrogens is 2. The summed E-state index contributed by atoms with van der Waals surface area (Å²) >= 11 is 0. The minimum atomic E-state index is -4.84. The van der Waals surface area contributed by atoms with Gasteiger partial charge in [-0.3, -0.25) is 4.79 Å². The summed E-state index contributed by atoms with van der Waals surface area (Å²) in [7, 11) is -4.43. The summed E-state index contributed by atoms with van der Waals surface area (Å²) in [6, 6.07) is 8.67. The van der Waals surface area contributed by atoms with Crippen LogP contribution in [0.3, 0.4) is 0 Å². The van der Waals surface area contributed by atoms with Crippen molar-refractivity contribution in [1.82, 2.24) is 19.9 Å². The second-order valence-corrected chi connectivity index (χ2v) is 10.1. The van der Waals surface area contributed by atoms with Crippen LogP contribution in [0.5, 0.6) is 0 Å². The second kappa shape index (κ2) is 10.1. The highest BCUT2D eigenvalue weighted by Gasteiger charge is 2.38. The number of carbonyl (C=O) groups excluding carboxylic acids is 1. The van der Waals surface area contributed by atoms with E-state index in [2.05, 4.69) is 9.97 Å². The van der Waals surface area contributed by atoms with E-state index in [0.29, 0.717) is 11.8 Å². The van der Waals surface area contributed by atoms with E-state index >= 15 is 0 Å². The minimum Gasteiger partial charge on any atom is -0.340 e. The Kier molecular flexibility index (Phi) is 7.20. The molecule has 1 amide bonds. The van der Waals surface area contributed by atoms with Gasteiger partial charge in [0.05, 0.1) is 5.56 Å². The van der Waals surface area contributed by atoms with Crippen LogP contribution in [0.2, 0.25) is 0 Å². The van der Waals surface area contributed by atoms with E-state index in [9.17, 15) is 30.8 Å². The fraction of sp³-hybridized carbons (Fsp3) is 0.292. The Morgan fingerprint density at radius 1 is 1.00 bits per heavy atom. The number of carbonyl (C=O) groups is 1. The third-order valence-electron chi connectivity index (χ3n) is 5.97. The highest BCUT2D eigenvalue weighted by Crippen LogP contribution is 2.40. The van der Waals surface area contributed by atoms with E-state index < -0.39 is 33.1 Å². The third-order valence-corrected chi connectivity index (χ3v) is 7.61. The summed E-state index contributed by atoms with van der Waals surface area (Å²) in [6.45, 7) is 3.45. The monoisotopic (exact) mass is 537 g/mol. The number of hydrogen-bond donors (Lipinski definition) is 0. The molecular formula is C24H23F4N5O3S. The van der Waals surface area contributed by atoms with Gasteiger partial charge in [0.25, 0.3) is 10.0 Å². The highest BCUT2D eigenvalue weighted by molar-refractivity contribution is 7.92. The molecule has 2 aromatic heterocycles. The first-order valence-corrected chi connectivity index (χ1v) is 12.6. The molecule has 1 aromatic carbocycles. The van der Waals surface area contributed by atoms with Crippen LogP contribution in [0.4, 0.5) is 23.4 Å². The van der Waals surface area contributed by atoms with Gasteiger partial charge in [-0.25, -0.2) is 19.4 Å². The lowest BCUT2D eigenvalue weighted by Gasteiger charge is -2.40. The SMILES string of the molecule is CC(=O)N1CCN(N(c2cc(-c3cc(F)ccc3C)c(C(F)(F)F)cn2)S(=O)(=O)c2ccccn2)CC1. The van der Waals surface area contributed by atoms with Crippen LogP contribution in [0.1, 0.15) is 18.1 Å². The number of sulfonamides is 1. The summed E-state index contributed by atoms with van der Waals surface area (Å²) in [5, 5.41) is 1.05. The second-order valence-electron chi connectivity index (χ2n) is 8.42. The average molecular weight is 538 g/mol. The van der Waals surface area contributed by atoms with Crippen LogP contribution in [-0.4, -0.2) is 60.4 Å². The predicted octanol–water partition coefficient (Wildman–Crippen LogP) is 3.88. The Labute approximate surface area is 211 Å². The van der Waals surface area contributed by atoms with Gasteiger partial charge in [0.1, 0.15) is 5.82 Å². The van der Waals surface area contributed by atoms with Gasteiger partial charge in [-0.1, -0.05) is 12.1 Å². The topological polar surface area (TPSA) is 86.7 Å². The van der Waals surface area contributed by atoms with Crippen molar-refractivity contribution in [1.29, 1.82) is 0 Å². The van der Waals surface area contributed by atoms with Crippen molar-refractivity contribution in [2.75, 3.05) is 30.6 Å². The number of piperazine rings is 1. The van der Waals surface area contributed by atoms with Gasteiger partial charge in [0.2, 0.25) is 5.91 Å². The molecule has 196 valence electrons. The molecule has 0 unspecified atom stereocenters. The molecule has 13 heteroatoms. The number of nitrogens with zero attached hydrogens (tertiary/aromatic N) is 5. The van der Waals surface area contributed by atoms with E-state index in [-0.39, 0.29) is 48.5 Å². The van der Waals surface area contributed by atoms with Gasteiger partial charge >= 0.3 is 6.18 Å². The first-order chi connectivity index (χ1) is 17.4. The van der Waals surface area contributed by atoms with E-state index in [1.807, 2.05) is 0 Å². The molecule has 8 nitrogen and oxygen atoms in total. The van der Waals surface area contributed by atoms with Crippen LogP contribution < -0.4 is 4.41 Å². The molecule has 0 N–H and O–H groups in total. The standard InChI is InChI=1S/C24H23F4N5O3S/c1-16-6-7-18(25)13-19(16)20-14-22(30-15-21(20)24(26,27)28)33(32-11-9-31(10-12-32)17(2)34)37(35,36)23-5-3-4-8-29-23/h3-8,13-15H,9-12H2,1-2H3. The quantitative estimate of drug-likeness (QED) is 0.459. The van der Waals surface area contributed by atoms with E-state index in [0.717, 1.165) is 22.6 Å². The van der Waals surface area contributed by atoms with Crippen LogP contribution in [0.15, 0.2) is 59.9 Å². The number of hydrogen-bond acceptors (Lipinski definition) is 6. The maximum Gasteiger partial charge on any atom is 0.418 e. The Morgan fingerprint density at radius 3 is 2.30 bits per heavy atom. The molecule has 1 aliphatic rings. The summed E-state index contributed by atoms with van der Waals surface area (Å²) in [6.07, 6.45) is -3.01. The van der Waals surface area contributed by atoms with Gasteiger partial charge in [0, 0.05) is 45.5 Å². The number of benzene rings is 1. The molecule has 0 atom stereocenters. The van der Waals surface area contributed by atoms with Crippen molar-refractivity contribution >= 4 is 21.7 Å². The molecule has 1 fully saturated rings. The van der Waals surface area contributed by atoms with Crippen LogP contribution in [-0.2, 0) is 21.0 Å². The van der Waals surface area contributed by atoms with Crippen LogP contribution in [0.25, 0.3) is 11.1 Å². The fourth-order valence-electron chi connectivity index (χ4n) is 4.08. The van der Waals surface area contributed by atoms with Gasteiger partial charge in [-0.2, -0.15) is 26.0 Å². The zero-order chi connectivity index (χ0) is 27.0. The lowest BCUT2D eigenvalue weighted by Crippen LogP contribution is -2.56. The normalized spacial score (nSPS) is 15.0. The smallest absolute Gasteiger partial charge is 0.340 e. The molecule has 0 aliphatic carbocycles. The van der Waals surface area contributed by atoms with Crippen molar-refractivity contribution < 1.29 is 30.8 Å². The predicted molar refractivity (Wildman–Crippen MR) is 127 cm³/mol. The number of halogens is 4. The third kappa shape index (κ3) is 5.42. The molecule has 0 radical (unpaired) electrons. The minimum absolute atomic E-state index is 0.0486. The molecule has 4 rings (SSSR count). The lowest BCUT2D eigenvalue weighted by atomic mass is 9.97. The molecule has 0 bridgehead atoms. The molecule has 1 aliphatic heterocycles. The molecule has 1 saturated heterocycles. The molecule has 3 aromatic rings. The number of pyridine rings is 2. The first-order valence-electron chi connectivity index (χ1n) is 11.2. The van der Waals surface area contributed by atoms with Crippen molar-refractivity contribution in [2.24, 2.45) is 0 Å². The van der Waals surface area contributed by atoms with Gasteiger partial charge < -0.3 is 4.90 Å². The summed E-state index contributed by atoms with van der Waals surface area (Å²) in [4.78, 5) is 21.1. The number of aryl methyl sites for hydroxylation is 1. The van der Waals surface area contributed by atoms with E-state index in [1.54, 1.807) is 0 Å². The first kappa shape index (κ1) is 26.5. The zero-order valence-corrected chi connectivity index (χ0v) is 20.7. The Balaban J connectivity index is 1.90. The van der Waals surface area contributed by atoms with Gasteiger partial charge in [-0.05, 0) is 53.9 Å². The molecule has 0 saturated carbocycles. The number of amides is 1. The van der Waals surface area contributed by atoms with Gasteiger partial charge in [0.15, 0.2) is 10.8 Å². The Bertz CT molecular complexity index is 1410. The lowest BCUT2D eigenvalue weighted by molar-refractivity contribution is -0.137. The molecule has 37 heavy (non-hydrogen) atoms. The number of hydrazine groups is 1. The maximum atomic E-state index is 14.1. The molecule has 3 heterocycles. The molecular weight excluding hydrogens is 514 g/mol. The van der Waals surface area contributed by atoms with E-state index in [1.165, 1.54) is 54.2 Å². The average Bonchev–Trinajstić information content (AvgIpc) is 2.85. The maximum absolute atomic E-state index is 14.1. The van der Waals surface area contributed by atoms with Crippen LogP contribution in [0, 0.1) is 12.7 Å². The van der Waals surface area contributed by atoms with Crippen LogP contribution >= 0.6 is 0 Å². The Morgan fingerprint density at radius 2 is 1.70 bits per heavy atom. The van der Waals surface area contributed by atoms with Gasteiger partial charge in [-0.15, -0.1) is 0 Å². The van der Waals surface area contributed by atoms with Crippen molar-refractivity contribution in [3.63, 3.8) is 0 Å². The number of rotatable bonds is 5. The Hall–Kier alpha value is -3.58. The van der Waals surface area contributed by atoms with Crippen molar-refractivity contribution in [2.45, 2.75) is 25.0 Å². The zero-order valence-electron chi connectivity index (χ0n) is 19.9. The molecule has 0 spiro atoms. The fourth-order valence-corrected chi connectivity index (χ4v) is 5.52. The van der Waals surface area contributed by atoms with E-state index in [4.69, 9.17) is 0 Å².